The summed E-state index contributed by atoms with van der Waals surface area (Å²) in [6, 6.07) is 2.46. The van der Waals surface area contributed by atoms with Crippen LogP contribution in [0.15, 0.2) is 18.3 Å². The van der Waals surface area contributed by atoms with Gasteiger partial charge in [-0.15, -0.1) is 0 Å². The first kappa shape index (κ1) is 14.0. The molecule has 4 nitrogen and oxygen atoms in total. The average Bonchev–Trinajstić information content (AvgIpc) is 2.22. The Hall–Kier alpha value is -2.09. The molecule has 1 heterocycles. The van der Waals surface area contributed by atoms with Gasteiger partial charge in [0.25, 0.3) is 0 Å². The van der Waals surface area contributed by atoms with Crippen LogP contribution < -0.4 is 5.32 Å². The lowest BCUT2D eigenvalue weighted by atomic mass is 10.2. The molecule has 18 heavy (non-hydrogen) atoms. The summed E-state index contributed by atoms with van der Waals surface area (Å²) in [4.78, 5) is 15.1. The van der Waals surface area contributed by atoms with Crippen molar-refractivity contribution in [3.8, 4) is 11.8 Å². The number of aromatic nitrogens is 1. The van der Waals surface area contributed by atoms with Crippen LogP contribution in [0.5, 0.6) is 0 Å². The Balaban J connectivity index is 2.41. The van der Waals surface area contributed by atoms with Gasteiger partial charge >= 0.3 is 6.09 Å². The zero-order valence-electron chi connectivity index (χ0n) is 10.6. The molecule has 0 aliphatic carbocycles. The zero-order valence-corrected chi connectivity index (χ0v) is 10.6. The summed E-state index contributed by atoms with van der Waals surface area (Å²) in [6.07, 6.45) is 0.796. The first-order valence-corrected chi connectivity index (χ1v) is 5.44. The standard InChI is InChI=1S/C13H15FN2O2/c1-13(2,3)18-12(17)16-7-4-5-11-9-10(14)6-8-15-11/h6,8-9H,7H2,1-3H3,(H,16,17). The highest BCUT2D eigenvalue weighted by Crippen LogP contribution is 2.05. The molecule has 0 unspecified atom stereocenters. The fourth-order valence-corrected chi connectivity index (χ4v) is 1.04. The molecule has 1 aromatic heterocycles. The van der Waals surface area contributed by atoms with E-state index in [1.165, 1.54) is 18.3 Å². The minimum Gasteiger partial charge on any atom is -0.444 e. The number of amides is 1. The topological polar surface area (TPSA) is 51.2 Å². The largest absolute Gasteiger partial charge is 0.444 e. The third-order valence-electron chi connectivity index (χ3n) is 1.66. The average molecular weight is 250 g/mol. The van der Waals surface area contributed by atoms with Crippen molar-refractivity contribution in [3.63, 3.8) is 0 Å². The number of ether oxygens (including phenoxy) is 1. The summed E-state index contributed by atoms with van der Waals surface area (Å²) in [6.45, 7) is 5.44. The van der Waals surface area contributed by atoms with E-state index in [1.807, 2.05) is 0 Å². The Morgan fingerprint density at radius 1 is 1.56 bits per heavy atom. The normalized spacial score (nSPS) is 10.2. The van der Waals surface area contributed by atoms with E-state index < -0.39 is 17.5 Å². The van der Waals surface area contributed by atoms with Crippen molar-refractivity contribution in [3.05, 3.63) is 29.8 Å². The van der Waals surface area contributed by atoms with E-state index in [2.05, 4.69) is 22.1 Å². The summed E-state index contributed by atoms with van der Waals surface area (Å²) in [5.74, 6) is 4.89. The number of pyridine rings is 1. The molecule has 0 fully saturated rings. The van der Waals surface area contributed by atoms with Crippen LogP contribution in [-0.4, -0.2) is 23.2 Å². The number of carbonyl (C=O) groups excluding carboxylic acids is 1. The molecular weight excluding hydrogens is 235 g/mol. The van der Waals surface area contributed by atoms with Gasteiger partial charge < -0.3 is 10.1 Å². The smallest absolute Gasteiger partial charge is 0.408 e. The second-order valence-corrected chi connectivity index (χ2v) is 4.52. The molecule has 0 atom stereocenters. The van der Waals surface area contributed by atoms with Gasteiger partial charge in [-0.05, 0) is 32.8 Å². The highest BCUT2D eigenvalue weighted by molar-refractivity contribution is 5.68. The second kappa shape index (κ2) is 6.01. The predicted molar refractivity (Wildman–Crippen MR) is 65.3 cm³/mol. The number of nitrogens with one attached hydrogen (secondary N) is 1. The maximum atomic E-state index is 12.8. The van der Waals surface area contributed by atoms with Gasteiger partial charge in [-0.25, -0.2) is 14.2 Å². The van der Waals surface area contributed by atoms with Gasteiger partial charge in [0.05, 0.1) is 6.54 Å². The maximum absolute atomic E-state index is 12.8. The highest BCUT2D eigenvalue weighted by Gasteiger charge is 2.14. The third kappa shape index (κ3) is 5.85. The van der Waals surface area contributed by atoms with Crippen LogP contribution in [0.3, 0.4) is 0 Å². The SMILES string of the molecule is CC(C)(C)OC(=O)NCC#Cc1cc(F)ccn1. The molecule has 0 radical (unpaired) electrons. The zero-order chi connectivity index (χ0) is 13.6. The van der Waals surface area contributed by atoms with Crippen LogP contribution in [0, 0.1) is 17.7 Å². The number of alkyl carbamates (subject to hydrolysis) is 1. The van der Waals surface area contributed by atoms with Crippen molar-refractivity contribution in [2.24, 2.45) is 0 Å². The molecule has 0 aromatic carbocycles. The predicted octanol–water partition coefficient (Wildman–Crippen LogP) is 2.10. The number of nitrogens with zero attached hydrogens (tertiary/aromatic N) is 1. The Labute approximate surface area is 106 Å². The first-order chi connectivity index (χ1) is 8.37. The van der Waals surface area contributed by atoms with Gasteiger partial charge in [-0.2, -0.15) is 0 Å². The number of hydrogen-bond donors (Lipinski definition) is 1. The van der Waals surface area contributed by atoms with Crippen LogP contribution in [0.25, 0.3) is 0 Å². The Morgan fingerprint density at radius 3 is 2.89 bits per heavy atom. The van der Waals surface area contributed by atoms with Gasteiger partial charge in [0, 0.05) is 12.3 Å². The summed E-state index contributed by atoms with van der Waals surface area (Å²) >= 11 is 0. The van der Waals surface area contributed by atoms with E-state index >= 15 is 0 Å². The van der Waals surface area contributed by atoms with Crippen molar-refractivity contribution >= 4 is 6.09 Å². The highest BCUT2D eigenvalue weighted by atomic mass is 19.1. The molecule has 1 N–H and O–H groups in total. The minimum absolute atomic E-state index is 0.118. The van der Waals surface area contributed by atoms with Crippen LogP contribution in [0.1, 0.15) is 26.5 Å². The quantitative estimate of drug-likeness (QED) is 0.776. The van der Waals surface area contributed by atoms with Crippen LogP contribution in [0.4, 0.5) is 9.18 Å². The van der Waals surface area contributed by atoms with Crippen LogP contribution in [0.2, 0.25) is 0 Å². The minimum atomic E-state index is -0.540. The molecule has 0 aliphatic heterocycles. The van der Waals surface area contributed by atoms with E-state index in [-0.39, 0.29) is 6.54 Å². The van der Waals surface area contributed by atoms with E-state index in [1.54, 1.807) is 20.8 Å². The summed E-state index contributed by atoms with van der Waals surface area (Å²) in [5, 5.41) is 2.47. The molecule has 96 valence electrons. The summed E-state index contributed by atoms with van der Waals surface area (Å²) in [5.41, 5.74) is -0.220. The first-order valence-electron chi connectivity index (χ1n) is 5.44. The molecule has 1 aromatic rings. The number of rotatable bonds is 1. The monoisotopic (exact) mass is 250 g/mol. The lowest BCUT2D eigenvalue weighted by Gasteiger charge is -2.18. The van der Waals surface area contributed by atoms with Crippen molar-refractivity contribution in [1.29, 1.82) is 0 Å². The van der Waals surface area contributed by atoms with E-state index in [0.717, 1.165) is 0 Å². The molecule has 0 spiro atoms. The molecule has 0 saturated carbocycles. The molecular formula is C13H15FN2O2. The molecule has 0 bridgehead atoms. The van der Waals surface area contributed by atoms with Gasteiger partial charge in [-0.1, -0.05) is 5.92 Å². The summed E-state index contributed by atoms with van der Waals surface area (Å²) in [7, 11) is 0. The van der Waals surface area contributed by atoms with Gasteiger partial charge in [0.2, 0.25) is 0 Å². The van der Waals surface area contributed by atoms with Gasteiger partial charge in [-0.3, -0.25) is 0 Å². The molecule has 0 aliphatic rings. The fourth-order valence-electron chi connectivity index (χ4n) is 1.04. The molecule has 1 amide bonds. The molecule has 0 saturated heterocycles. The number of hydrogen-bond acceptors (Lipinski definition) is 3. The van der Waals surface area contributed by atoms with Gasteiger partial charge in [0.1, 0.15) is 17.1 Å². The van der Waals surface area contributed by atoms with E-state index in [4.69, 9.17) is 4.74 Å². The van der Waals surface area contributed by atoms with Crippen LogP contribution >= 0.6 is 0 Å². The van der Waals surface area contributed by atoms with Gasteiger partial charge in [0.15, 0.2) is 0 Å². The molecule has 5 heteroatoms. The lowest BCUT2D eigenvalue weighted by molar-refractivity contribution is 0.0535. The Morgan fingerprint density at radius 2 is 2.28 bits per heavy atom. The number of carbonyl (C=O) groups is 1. The maximum Gasteiger partial charge on any atom is 0.408 e. The Bertz CT molecular complexity index is 484. The summed E-state index contributed by atoms with van der Waals surface area (Å²) < 4.78 is 17.8. The van der Waals surface area contributed by atoms with Crippen LogP contribution in [-0.2, 0) is 4.74 Å². The van der Waals surface area contributed by atoms with Crippen molar-refractivity contribution in [2.45, 2.75) is 26.4 Å². The lowest BCUT2D eigenvalue weighted by Crippen LogP contribution is -2.32. The van der Waals surface area contributed by atoms with Crippen molar-refractivity contribution in [1.82, 2.24) is 10.3 Å². The van der Waals surface area contributed by atoms with E-state index in [0.29, 0.717) is 5.69 Å². The number of halogens is 1. The van der Waals surface area contributed by atoms with Crippen molar-refractivity contribution < 1.29 is 13.9 Å². The second-order valence-electron chi connectivity index (χ2n) is 4.52. The third-order valence-corrected chi connectivity index (χ3v) is 1.66. The molecule has 1 rings (SSSR count). The van der Waals surface area contributed by atoms with E-state index in [9.17, 15) is 9.18 Å². The van der Waals surface area contributed by atoms with Crippen molar-refractivity contribution in [2.75, 3.05) is 6.54 Å². The Kier molecular flexibility index (Phi) is 4.67. The fraction of sp³-hybridized carbons (Fsp3) is 0.385.